The number of hydrogen-bond donors (Lipinski definition) is 6. The van der Waals surface area contributed by atoms with Crippen LogP contribution in [0.5, 0.6) is 0 Å². The molecule has 0 aliphatic carbocycles. The zero-order valence-corrected chi connectivity index (χ0v) is 18.8. The molecule has 0 aliphatic heterocycles. The van der Waals surface area contributed by atoms with Gasteiger partial charge in [0.05, 0.1) is 26.4 Å². The SMILES string of the molecule is CCCCC/C=C\C/C=C\CCCCCCCC(=O)O.OCC(O)CO.OCCO. The Kier molecular flexibility index (Phi) is 36.1. The molecule has 0 rings (SSSR count). The maximum Gasteiger partial charge on any atom is 0.303 e. The summed E-state index contributed by atoms with van der Waals surface area (Å²) >= 11 is 0. The van der Waals surface area contributed by atoms with Gasteiger partial charge in [0.15, 0.2) is 0 Å². The number of carboxylic acid groups (broad SMARTS) is 1. The highest BCUT2D eigenvalue weighted by Crippen LogP contribution is 2.08. The second-order valence-electron chi connectivity index (χ2n) is 6.84. The molecule has 0 saturated heterocycles. The lowest BCUT2D eigenvalue weighted by atomic mass is 10.1. The molecule has 0 aliphatic rings. The molecule has 6 N–H and O–H groups in total. The second-order valence-corrected chi connectivity index (χ2v) is 6.84. The van der Waals surface area contributed by atoms with Crippen LogP contribution in [0.1, 0.15) is 84.0 Å². The van der Waals surface area contributed by atoms with Gasteiger partial charge in [-0.25, -0.2) is 0 Å². The van der Waals surface area contributed by atoms with Gasteiger partial charge in [0, 0.05) is 6.42 Å². The van der Waals surface area contributed by atoms with Crippen LogP contribution in [0.4, 0.5) is 0 Å². The van der Waals surface area contributed by atoms with Crippen LogP contribution >= 0.6 is 0 Å². The first-order valence-electron chi connectivity index (χ1n) is 11.1. The Morgan fingerprint density at radius 2 is 1.20 bits per heavy atom. The highest BCUT2D eigenvalue weighted by Gasteiger charge is 1.95. The van der Waals surface area contributed by atoms with Crippen molar-refractivity contribution in [1.29, 1.82) is 0 Å². The van der Waals surface area contributed by atoms with Crippen molar-refractivity contribution in [2.24, 2.45) is 0 Å². The van der Waals surface area contributed by atoms with Crippen molar-refractivity contribution >= 4 is 5.97 Å². The zero-order valence-electron chi connectivity index (χ0n) is 18.8. The summed E-state index contributed by atoms with van der Waals surface area (Å²) in [6.07, 6.45) is 21.3. The summed E-state index contributed by atoms with van der Waals surface area (Å²) in [4.78, 5) is 10.3. The largest absolute Gasteiger partial charge is 0.481 e. The van der Waals surface area contributed by atoms with Crippen LogP contribution in [0.25, 0.3) is 0 Å². The molecular formula is C23H46O7. The zero-order chi connectivity index (χ0) is 23.3. The van der Waals surface area contributed by atoms with Crippen molar-refractivity contribution in [3.8, 4) is 0 Å². The van der Waals surface area contributed by atoms with Gasteiger partial charge in [0.1, 0.15) is 6.10 Å². The molecule has 0 unspecified atom stereocenters. The average Bonchev–Trinajstić information content (AvgIpc) is 2.76. The molecule has 0 fully saturated rings. The predicted octanol–water partition coefficient (Wildman–Crippen LogP) is 3.19. The van der Waals surface area contributed by atoms with Crippen molar-refractivity contribution in [3.05, 3.63) is 24.3 Å². The summed E-state index contributed by atoms with van der Waals surface area (Å²) < 4.78 is 0. The molecule has 0 saturated carbocycles. The van der Waals surface area contributed by atoms with Crippen LogP contribution in [0.3, 0.4) is 0 Å². The van der Waals surface area contributed by atoms with E-state index in [2.05, 4.69) is 31.2 Å². The highest BCUT2D eigenvalue weighted by atomic mass is 16.4. The van der Waals surface area contributed by atoms with Crippen molar-refractivity contribution in [3.63, 3.8) is 0 Å². The van der Waals surface area contributed by atoms with Crippen LogP contribution < -0.4 is 0 Å². The quantitative estimate of drug-likeness (QED) is 0.153. The smallest absolute Gasteiger partial charge is 0.303 e. The van der Waals surface area contributed by atoms with E-state index < -0.39 is 12.1 Å². The molecule has 0 atom stereocenters. The number of carboxylic acids is 1. The van der Waals surface area contributed by atoms with Gasteiger partial charge in [0.25, 0.3) is 0 Å². The van der Waals surface area contributed by atoms with Crippen molar-refractivity contribution in [2.45, 2.75) is 90.1 Å². The first-order chi connectivity index (χ1) is 14.5. The molecule has 0 aromatic heterocycles. The van der Waals surface area contributed by atoms with Crippen LogP contribution in [0.15, 0.2) is 24.3 Å². The fourth-order valence-electron chi connectivity index (χ4n) is 2.15. The molecule has 0 spiro atoms. The third-order valence-electron chi connectivity index (χ3n) is 3.86. The molecule has 180 valence electrons. The van der Waals surface area contributed by atoms with E-state index in [0.29, 0.717) is 6.42 Å². The van der Waals surface area contributed by atoms with E-state index in [1.807, 2.05) is 0 Å². The topological polar surface area (TPSA) is 138 Å². The fourth-order valence-corrected chi connectivity index (χ4v) is 2.15. The van der Waals surface area contributed by atoms with Gasteiger partial charge in [-0.05, 0) is 38.5 Å². The fraction of sp³-hybridized carbons (Fsp3) is 0.783. The van der Waals surface area contributed by atoms with E-state index in [-0.39, 0.29) is 26.4 Å². The number of hydrogen-bond acceptors (Lipinski definition) is 6. The maximum absolute atomic E-state index is 10.3. The lowest BCUT2D eigenvalue weighted by Gasteiger charge is -1.98. The van der Waals surface area contributed by atoms with Gasteiger partial charge in [-0.2, -0.15) is 0 Å². The molecule has 7 heteroatoms. The molecular weight excluding hydrogens is 388 g/mol. The Morgan fingerprint density at radius 3 is 1.60 bits per heavy atom. The molecule has 0 heterocycles. The summed E-state index contributed by atoms with van der Waals surface area (Å²) in [5, 5.41) is 47.8. The van der Waals surface area contributed by atoms with Crippen LogP contribution in [-0.4, -0.2) is 69.1 Å². The predicted molar refractivity (Wildman–Crippen MR) is 121 cm³/mol. The first kappa shape index (κ1) is 33.4. The number of aliphatic hydroxyl groups is 5. The van der Waals surface area contributed by atoms with Crippen molar-refractivity contribution in [1.82, 2.24) is 0 Å². The van der Waals surface area contributed by atoms with Crippen molar-refractivity contribution in [2.75, 3.05) is 26.4 Å². The molecule has 0 amide bonds. The summed E-state index contributed by atoms with van der Waals surface area (Å²) in [7, 11) is 0. The summed E-state index contributed by atoms with van der Waals surface area (Å²) in [5.74, 6) is -0.671. The van der Waals surface area contributed by atoms with E-state index in [9.17, 15) is 4.79 Å². The molecule has 30 heavy (non-hydrogen) atoms. The first-order valence-corrected chi connectivity index (χ1v) is 11.1. The summed E-state index contributed by atoms with van der Waals surface area (Å²) in [6.45, 7) is 1.26. The third kappa shape index (κ3) is 41.2. The molecule has 7 nitrogen and oxygen atoms in total. The van der Waals surface area contributed by atoms with Crippen LogP contribution in [-0.2, 0) is 4.79 Å². The summed E-state index contributed by atoms with van der Waals surface area (Å²) in [6, 6.07) is 0. The van der Waals surface area contributed by atoms with Crippen molar-refractivity contribution < 1.29 is 35.4 Å². The van der Waals surface area contributed by atoms with E-state index in [4.69, 9.17) is 30.6 Å². The standard InChI is InChI=1S/C18H32O2.C3H8O3.C2H6O2/c1-2-3-4-5-6-7-8-9-10-11-12-13-14-15-16-17-18(19)20;4-1-3(6)2-5;3-1-2-4/h6-7,9-10H,2-5,8,11-17H2,1H3,(H,19,20);3-6H,1-2H2;3-4H,1-2H2/b7-6-,10-9-;;. The van der Waals surface area contributed by atoms with Gasteiger partial charge in [0.2, 0.25) is 0 Å². The third-order valence-corrected chi connectivity index (χ3v) is 3.86. The van der Waals surface area contributed by atoms with Crippen LogP contribution in [0.2, 0.25) is 0 Å². The van der Waals surface area contributed by atoms with Gasteiger partial charge < -0.3 is 30.6 Å². The maximum atomic E-state index is 10.3. The Bertz CT molecular complexity index is 365. The minimum Gasteiger partial charge on any atom is -0.481 e. The van der Waals surface area contributed by atoms with E-state index in [0.717, 1.165) is 25.7 Å². The number of unbranched alkanes of at least 4 members (excludes halogenated alkanes) is 8. The van der Waals surface area contributed by atoms with Crippen LogP contribution in [0, 0.1) is 0 Å². The molecule has 0 aromatic carbocycles. The van der Waals surface area contributed by atoms with Gasteiger partial charge in [-0.3, -0.25) is 4.79 Å². The highest BCUT2D eigenvalue weighted by molar-refractivity contribution is 5.66. The van der Waals surface area contributed by atoms with Gasteiger partial charge in [-0.1, -0.05) is 63.3 Å². The lowest BCUT2D eigenvalue weighted by Crippen LogP contribution is -2.15. The summed E-state index contributed by atoms with van der Waals surface area (Å²) in [5.41, 5.74) is 0. The number of carbonyl (C=O) groups is 1. The minimum atomic E-state index is -0.954. The van der Waals surface area contributed by atoms with E-state index in [1.54, 1.807) is 0 Å². The monoisotopic (exact) mass is 434 g/mol. The molecule has 0 bridgehead atoms. The normalized spacial score (nSPS) is 10.8. The average molecular weight is 435 g/mol. The second kappa shape index (κ2) is 32.4. The molecule has 0 aromatic rings. The molecule has 0 radical (unpaired) electrons. The van der Waals surface area contributed by atoms with Gasteiger partial charge in [-0.15, -0.1) is 0 Å². The Hall–Kier alpha value is -1.25. The van der Waals surface area contributed by atoms with E-state index >= 15 is 0 Å². The minimum absolute atomic E-state index is 0.125. The van der Waals surface area contributed by atoms with Gasteiger partial charge >= 0.3 is 5.97 Å². The number of aliphatic carboxylic acids is 1. The number of rotatable bonds is 17. The number of allylic oxidation sites excluding steroid dienone is 4. The lowest BCUT2D eigenvalue weighted by molar-refractivity contribution is -0.137. The Morgan fingerprint density at radius 1 is 0.733 bits per heavy atom. The Labute approximate surface area is 182 Å². The van der Waals surface area contributed by atoms with E-state index in [1.165, 1.54) is 44.9 Å². The number of aliphatic hydroxyl groups excluding tert-OH is 5. The Balaban J connectivity index is -0.000000600.